The first-order chi connectivity index (χ1) is 8.11. The second kappa shape index (κ2) is 4.65. The van der Waals surface area contributed by atoms with E-state index in [2.05, 4.69) is 36.3 Å². The van der Waals surface area contributed by atoms with E-state index in [1.807, 2.05) is 12.1 Å². The lowest BCUT2D eigenvalue weighted by Crippen LogP contribution is -2.23. The zero-order chi connectivity index (χ0) is 12.4. The number of hydrogen-bond donors (Lipinski definition) is 3. The maximum absolute atomic E-state index is 6.03. The SMILES string of the molecule is CCC(C)C(C)Nc1cc2[nH]ncc2cc1N. The van der Waals surface area contributed by atoms with E-state index in [0.29, 0.717) is 12.0 Å². The zero-order valence-electron chi connectivity index (χ0n) is 10.6. The lowest BCUT2D eigenvalue weighted by Gasteiger charge is -2.22. The van der Waals surface area contributed by atoms with Crippen LogP contribution in [0.15, 0.2) is 18.3 Å². The molecule has 1 aromatic carbocycles. The molecule has 0 amide bonds. The van der Waals surface area contributed by atoms with Crippen molar-refractivity contribution in [3.8, 4) is 0 Å². The molecular formula is C13H20N4. The summed E-state index contributed by atoms with van der Waals surface area (Å²) in [6.45, 7) is 6.62. The van der Waals surface area contributed by atoms with E-state index in [1.165, 1.54) is 0 Å². The summed E-state index contributed by atoms with van der Waals surface area (Å²) in [5.41, 5.74) is 8.80. The predicted octanol–water partition coefficient (Wildman–Crippen LogP) is 2.99. The Morgan fingerprint density at radius 3 is 2.88 bits per heavy atom. The summed E-state index contributed by atoms with van der Waals surface area (Å²) in [4.78, 5) is 0. The van der Waals surface area contributed by atoms with Crippen LogP contribution in [0.1, 0.15) is 27.2 Å². The minimum Gasteiger partial charge on any atom is -0.397 e. The van der Waals surface area contributed by atoms with E-state index in [4.69, 9.17) is 5.73 Å². The van der Waals surface area contributed by atoms with Crippen LogP contribution in [0.2, 0.25) is 0 Å². The summed E-state index contributed by atoms with van der Waals surface area (Å²) in [7, 11) is 0. The topological polar surface area (TPSA) is 66.7 Å². The van der Waals surface area contributed by atoms with Crippen LogP contribution in [0.25, 0.3) is 10.9 Å². The van der Waals surface area contributed by atoms with Gasteiger partial charge in [0.2, 0.25) is 0 Å². The Hall–Kier alpha value is -1.71. The third-order valence-corrected chi connectivity index (χ3v) is 3.49. The van der Waals surface area contributed by atoms with E-state index in [1.54, 1.807) is 6.20 Å². The Bertz CT molecular complexity index is 503. The van der Waals surface area contributed by atoms with Crippen LogP contribution >= 0.6 is 0 Å². The number of nitrogens with one attached hydrogen (secondary N) is 2. The highest BCUT2D eigenvalue weighted by molar-refractivity contribution is 5.88. The molecule has 1 heterocycles. The monoisotopic (exact) mass is 232 g/mol. The molecule has 4 N–H and O–H groups in total. The molecule has 1 aromatic heterocycles. The van der Waals surface area contributed by atoms with Crippen molar-refractivity contribution in [1.29, 1.82) is 0 Å². The number of rotatable bonds is 4. The molecule has 17 heavy (non-hydrogen) atoms. The van der Waals surface area contributed by atoms with Crippen LogP contribution in [0, 0.1) is 5.92 Å². The van der Waals surface area contributed by atoms with Gasteiger partial charge in [-0.2, -0.15) is 5.10 Å². The van der Waals surface area contributed by atoms with Gasteiger partial charge in [0, 0.05) is 11.4 Å². The van der Waals surface area contributed by atoms with Crippen LogP contribution in [0.3, 0.4) is 0 Å². The number of hydrogen-bond acceptors (Lipinski definition) is 3. The van der Waals surface area contributed by atoms with Gasteiger partial charge in [0.25, 0.3) is 0 Å². The number of aromatic amines is 1. The van der Waals surface area contributed by atoms with Gasteiger partial charge in [-0.3, -0.25) is 5.10 Å². The molecule has 2 atom stereocenters. The van der Waals surface area contributed by atoms with Gasteiger partial charge >= 0.3 is 0 Å². The Morgan fingerprint density at radius 2 is 2.18 bits per heavy atom. The molecule has 0 saturated carbocycles. The largest absolute Gasteiger partial charge is 0.397 e. The van der Waals surface area contributed by atoms with E-state index in [0.717, 1.165) is 28.7 Å². The molecule has 0 aliphatic heterocycles. The number of benzene rings is 1. The van der Waals surface area contributed by atoms with E-state index in [-0.39, 0.29) is 0 Å². The summed E-state index contributed by atoms with van der Waals surface area (Å²) in [6, 6.07) is 4.38. The molecule has 92 valence electrons. The van der Waals surface area contributed by atoms with Crippen LogP contribution in [0.4, 0.5) is 11.4 Å². The van der Waals surface area contributed by atoms with Crippen molar-refractivity contribution < 1.29 is 0 Å². The first-order valence-electron chi connectivity index (χ1n) is 6.11. The maximum Gasteiger partial charge on any atom is 0.0672 e. The first-order valence-corrected chi connectivity index (χ1v) is 6.11. The summed E-state index contributed by atoms with van der Waals surface area (Å²) >= 11 is 0. The first kappa shape index (κ1) is 11.8. The lowest BCUT2D eigenvalue weighted by atomic mass is 10.0. The fraction of sp³-hybridized carbons (Fsp3) is 0.462. The number of fused-ring (bicyclic) bond motifs is 1. The van der Waals surface area contributed by atoms with E-state index < -0.39 is 0 Å². The van der Waals surface area contributed by atoms with Crippen molar-refractivity contribution in [2.45, 2.75) is 33.2 Å². The van der Waals surface area contributed by atoms with Crippen LogP contribution in [-0.2, 0) is 0 Å². The lowest BCUT2D eigenvalue weighted by molar-refractivity contribution is 0.495. The second-order valence-corrected chi connectivity index (χ2v) is 4.72. The molecule has 2 aromatic rings. The molecule has 4 heteroatoms. The van der Waals surface area contributed by atoms with E-state index >= 15 is 0 Å². The second-order valence-electron chi connectivity index (χ2n) is 4.72. The van der Waals surface area contributed by atoms with Crippen molar-refractivity contribution in [1.82, 2.24) is 10.2 Å². The fourth-order valence-electron chi connectivity index (χ4n) is 1.88. The Balaban J connectivity index is 2.25. The van der Waals surface area contributed by atoms with Crippen molar-refractivity contribution in [3.05, 3.63) is 18.3 Å². The van der Waals surface area contributed by atoms with Gasteiger partial charge in [0.1, 0.15) is 0 Å². The number of anilines is 2. The molecule has 0 fully saturated rings. The number of nitrogens with two attached hydrogens (primary N) is 1. The number of nitrogen functional groups attached to an aromatic ring is 1. The zero-order valence-corrected chi connectivity index (χ0v) is 10.6. The van der Waals surface area contributed by atoms with Gasteiger partial charge < -0.3 is 11.1 Å². The van der Waals surface area contributed by atoms with Crippen molar-refractivity contribution in [2.24, 2.45) is 5.92 Å². The molecule has 0 radical (unpaired) electrons. The summed E-state index contributed by atoms with van der Waals surface area (Å²) in [5, 5.41) is 11.5. The Labute approximate surface area is 102 Å². The molecular weight excluding hydrogens is 212 g/mol. The summed E-state index contributed by atoms with van der Waals surface area (Å²) in [6.07, 6.45) is 2.94. The standard InChI is InChI=1S/C13H20N4/c1-4-8(2)9(3)16-13-6-12-10(5-11(13)14)7-15-17-12/h5-9,16H,4,14H2,1-3H3,(H,15,17). The third-order valence-electron chi connectivity index (χ3n) is 3.49. The summed E-state index contributed by atoms with van der Waals surface area (Å²) in [5.74, 6) is 0.617. The minimum absolute atomic E-state index is 0.405. The predicted molar refractivity (Wildman–Crippen MR) is 73.0 cm³/mol. The molecule has 0 saturated heterocycles. The van der Waals surface area contributed by atoms with Crippen LogP contribution in [-0.4, -0.2) is 16.2 Å². The highest BCUT2D eigenvalue weighted by Gasteiger charge is 2.12. The average Bonchev–Trinajstić information content (AvgIpc) is 2.75. The molecule has 4 nitrogen and oxygen atoms in total. The minimum atomic E-state index is 0.405. The molecule has 2 rings (SSSR count). The maximum atomic E-state index is 6.03. The van der Waals surface area contributed by atoms with E-state index in [9.17, 15) is 0 Å². The van der Waals surface area contributed by atoms with Gasteiger partial charge in [-0.15, -0.1) is 0 Å². The van der Waals surface area contributed by atoms with Gasteiger partial charge in [-0.1, -0.05) is 20.3 Å². The number of H-pyrrole nitrogens is 1. The quantitative estimate of drug-likeness (QED) is 0.710. The fourth-order valence-corrected chi connectivity index (χ4v) is 1.88. The van der Waals surface area contributed by atoms with Gasteiger partial charge in [0.15, 0.2) is 0 Å². The van der Waals surface area contributed by atoms with Crippen molar-refractivity contribution >= 4 is 22.3 Å². The van der Waals surface area contributed by atoms with Gasteiger partial charge in [-0.05, 0) is 25.0 Å². The normalized spacial score (nSPS) is 14.8. The molecule has 2 unspecified atom stereocenters. The molecule has 0 aliphatic carbocycles. The highest BCUT2D eigenvalue weighted by Crippen LogP contribution is 2.26. The number of aromatic nitrogens is 2. The van der Waals surface area contributed by atoms with Crippen molar-refractivity contribution in [2.75, 3.05) is 11.1 Å². The third kappa shape index (κ3) is 2.35. The van der Waals surface area contributed by atoms with Crippen molar-refractivity contribution in [3.63, 3.8) is 0 Å². The Kier molecular flexibility index (Phi) is 3.22. The van der Waals surface area contributed by atoms with Gasteiger partial charge in [0.05, 0.1) is 23.1 Å². The highest BCUT2D eigenvalue weighted by atomic mass is 15.1. The molecule has 0 aliphatic rings. The smallest absolute Gasteiger partial charge is 0.0672 e. The summed E-state index contributed by atoms with van der Waals surface area (Å²) < 4.78 is 0. The average molecular weight is 232 g/mol. The van der Waals surface area contributed by atoms with Gasteiger partial charge in [-0.25, -0.2) is 0 Å². The Morgan fingerprint density at radius 1 is 1.41 bits per heavy atom. The van der Waals surface area contributed by atoms with Crippen LogP contribution < -0.4 is 11.1 Å². The molecule has 0 spiro atoms. The molecule has 0 bridgehead atoms. The van der Waals surface area contributed by atoms with Crippen LogP contribution in [0.5, 0.6) is 0 Å². The number of nitrogens with zero attached hydrogens (tertiary/aromatic N) is 1.